The van der Waals surface area contributed by atoms with Crippen LogP contribution in [0.4, 0.5) is 10.5 Å². The number of hydrogen-bond donors (Lipinski definition) is 2. The lowest BCUT2D eigenvalue weighted by molar-refractivity contribution is 0.0724. The lowest BCUT2D eigenvalue weighted by atomic mass is 9.99. The smallest absolute Gasteiger partial charge is 0.316 e. The van der Waals surface area contributed by atoms with Crippen LogP contribution in [0.25, 0.3) is 11.1 Å². The Hall–Kier alpha value is -2.82. The lowest BCUT2D eigenvalue weighted by Gasteiger charge is -2.27. The number of benzene rings is 2. The van der Waals surface area contributed by atoms with Gasteiger partial charge in [-0.15, -0.1) is 0 Å². The summed E-state index contributed by atoms with van der Waals surface area (Å²) in [7, 11) is 0. The van der Waals surface area contributed by atoms with Gasteiger partial charge >= 0.3 is 6.03 Å². The third kappa shape index (κ3) is 3.56. The number of likely N-dealkylation sites (tertiary alicyclic amines) is 1. The van der Waals surface area contributed by atoms with Crippen LogP contribution in [-0.4, -0.2) is 29.9 Å². The molecule has 124 valence electrons. The van der Waals surface area contributed by atoms with Gasteiger partial charge in [-0.25, -0.2) is 4.79 Å². The van der Waals surface area contributed by atoms with Crippen molar-refractivity contribution >= 4 is 17.6 Å². The van der Waals surface area contributed by atoms with Gasteiger partial charge in [-0.2, -0.15) is 0 Å². The maximum atomic E-state index is 12.7. The zero-order valence-corrected chi connectivity index (χ0v) is 13.5. The van der Waals surface area contributed by atoms with Gasteiger partial charge < -0.3 is 16.0 Å². The third-order valence-corrected chi connectivity index (χ3v) is 4.25. The highest BCUT2D eigenvalue weighted by Crippen LogP contribution is 2.29. The van der Waals surface area contributed by atoms with Crippen LogP contribution in [0.2, 0.25) is 0 Å². The molecule has 0 bridgehead atoms. The molecule has 1 heterocycles. The third-order valence-electron chi connectivity index (χ3n) is 4.25. The maximum Gasteiger partial charge on any atom is 0.316 e. The van der Waals surface area contributed by atoms with E-state index in [9.17, 15) is 9.59 Å². The zero-order chi connectivity index (χ0) is 16.9. The van der Waals surface area contributed by atoms with Gasteiger partial charge in [0, 0.05) is 24.2 Å². The predicted molar refractivity (Wildman–Crippen MR) is 94.8 cm³/mol. The molecule has 1 aliphatic heterocycles. The number of carbonyl (C=O) groups is 2. The lowest BCUT2D eigenvalue weighted by Crippen LogP contribution is -2.35. The summed E-state index contributed by atoms with van der Waals surface area (Å²) in [5.41, 5.74) is 8.21. The van der Waals surface area contributed by atoms with Crippen LogP contribution in [0.1, 0.15) is 29.6 Å². The molecule has 0 aliphatic carbocycles. The molecule has 2 aromatic carbocycles. The summed E-state index contributed by atoms with van der Waals surface area (Å²) in [6, 6.07) is 14.3. The monoisotopic (exact) mass is 323 g/mol. The molecule has 5 nitrogen and oxygen atoms in total. The number of nitrogens with one attached hydrogen (secondary N) is 1. The molecule has 5 heteroatoms. The Morgan fingerprint density at radius 3 is 2.33 bits per heavy atom. The average molecular weight is 323 g/mol. The Balaban J connectivity index is 1.97. The summed E-state index contributed by atoms with van der Waals surface area (Å²) in [6.45, 7) is 1.61. The van der Waals surface area contributed by atoms with Crippen molar-refractivity contribution in [1.82, 2.24) is 4.90 Å². The van der Waals surface area contributed by atoms with E-state index >= 15 is 0 Å². The minimum Gasteiger partial charge on any atom is -0.351 e. The molecule has 1 saturated heterocycles. The number of piperidine rings is 1. The van der Waals surface area contributed by atoms with E-state index in [-0.39, 0.29) is 5.91 Å². The Morgan fingerprint density at radius 1 is 0.958 bits per heavy atom. The molecular weight excluding hydrogens is 302 g/mol. The normalized spacial score (nSPS) is 14.2. The summed E-state index contributed by atoms with van der Waals surface area (Å²) in [5.74, 6) is 0.0394. The fraction of sp³-hybridized carbons (Fsp3) is 0.263. The standard InChI is InChI=1S/C19H21N3O2/c20-19(24)21-17-10-9-15(18(23)22-11-5-2-6-12-22)13-16(17)14-7-3-1-4-8-14/h1,3-4,7-10,13H,2,5-6,11-12H2,(H3,20,21,24). The first-order chi connectivity index (χ1) is 11.6. The molecule has 3 rings (SSSR count). The Labute approximate surface area is 141 Å². The van der Waals surface area contributed by atoms with Crippen LogP contribution in [0.3, 0.4) is 0 Å². The minimum absolute atomic E-state index is 0.0394. The van der Waals surface area contributed by atoms with E-state index in [2.05, 4.69) is 5.32 Å². The molecule has 24 heavy (non-hydrogen) atoms. The second-order valence-corrected chi connectivity index (χ2v) is 5.97. The van der Waals surface area contributed by atoms with Crippen molar-refractivity contribution in [2.45, 2.75) is 19.3 Å². The van der Waals surface area contributed by atoms with Crippen molar-refractivity contribution in [2.24, 2.45) is 5.73 Å². The van der Waals surface area contributed by atoms with Crippen LogP contribution in [0, 0.1) is 0 Å². The summed E-state index contributed by atoms with van der Waals surface area (Å²) in [4.78, 5) is 25.9. The van der Waals surface area contributed by atoms with Crippen LogP contribution >= 0.6 is 0 Å². The number of primary amides is 1. The van der Waals surface area contributed by atoms with E-state index in [0.717, 1.165) is 37.1 Å². The largest absolute Gasteiger partial charge is 0.351 e. The van der Waals surface area contributed by atoms with E-state index in [4.69, 9.17) is 5.73 Å². The Morgan fingerprint density at radius 2 is 1.67 bits per heavy atom. The number of nitrogens with zero attached hydrogens (tertiary/aromatic N) is 1. The van der Waals surface area contributed by atoms with Crippen LogP contribution in [0.5, 0.6) is 0 Å². The molecule has 0 spiro atoms. The molecule has 3 amide bonds. The number of urea groups is 1. The van der Waals surface area contributed by atoms with Gasteiger partial charge in [-0.3, -0.25) is 4.79 Å². The van der Waals surface area contributed by atoms with Crippen LogP contribution < -0.4 is 11.1 Å². The number of hydrogen-bond acceptors (Lipinski definition) is 2. The highest BCUT2D eigenvalue weighted by molar-refractivity contribution is 5.99. The quantitative estimate of drug-likeness (QED) is 0.907. The van der Waals surface area contributed by atoms with Gasteiger partial charge in [-0.05, 0) is 43.0 Å². The van der Waals surface area contributed by atoms with Gasteiger partial charge in [0.15, 0.2) is 0 Å². The van der Waals surface area contributed by atoms with Gasteiger partial charge in [0.25, 0.3) is 5.91 Å². The molecule has 0 unspecified atom stereocenters. The molecule has 2 aromatic rings. The van der Waals surface area contributed by atoms with E-state index in [1.165, 1.54) is 6.42 Å². The summed E-state index contributed by atoms with van der Waals surface area (Å²) < 4.78 is 0. The Bertz CT molecular complexity index is 738. The highest BCUT2D eigenvalue weighted by Gasteiger charge is 2.19. The minimum atomic E-state index is -0.623. The van der Waals surface area contributed by atoms with E-state index in [0.29, 0.717) is 11.3 Å². The van der Waals surface area contributed by atoms with E-state index in [1.54, 1.807) is 12.1 Å². The first kappa shape index (κ1) is 16.1. The fourth-order valence-corrected chi connectivity index (χ4v) is 3.06. The maximum absolute atomic E-state index is 12.7. The van der Waals surface area contributed by atoms with Crippen molar-refractivity contribution in [3.8, 4) is 11.1 Å². The molecule has 0 aromatic heterocycles. The molecular formula is C19H21N3O2. The summed E-state index contributed by atoms with van der Waals surface area (Å²) in [6.07, 6.45) is 3.29. The van der Waals surface area contributed by atoms with Crippen LogP contribution in [0.15, 0.2) is 48.5 Å². The van der Waals surface area contributed by atoms with Gasteiger partial charge in [0.05, 0.1) is 5.69 Å². The van der Waals surface area contributed by atoms with Crippen molar-refractivity contribution in [3.05, 3.63) is 54.1 Å². The molecule has 0 saturated carbocycles. The van der Waals surface area contributed by atoms with Crippen LogP contribution in [-0.2, 0) is 0 Å². The van der Waals surface area contributed by atoms with Gasteiger partial charge in [-0.1, -0.05) is 30.3 Å². The first-order valence-corrected chi connectivity index (χ1v) is 8.20. The summed E-state index contributed by atoms with van der Waals surface area (Å²) in [5, 5.41) is 2.63. The number of nitrogens with two attached hydrogens (primary N) is 1. The number of amides is 3. The van der Waals surface area contributed by atoms with Crippen molar-refractivity contribution in [2.75, 3.05) is 18.4 Å². The number of carbonyl (C=O) groups excluding carboxylic acids is 2. The SMILES string of the molecule is NC(=O)Nc1ccc(C(=O)N2CCCCC2)cc1-c1ccccc1. The number of anilines is 1. The fourth-order valence-electron chi connectivity index (χ4n) is 3.06. The summed E-state index contributed by atoms with van der Waals surface area (Å²) >= 11 is 0. The van der Waals surface area contributed by atoms with E-state index < -0.39 is 6.03 Å². The Kier molecular flexibility index (Phi) is 4.79. The van der Waals surface area contributed by atoms with E-state index in [1.807, 2.05) is 41.3 Å². The molecule has 1 fully saturated rings. The molecule has 0 atom stereocenters. The highest BCUT2D eigenvalue weighted by atomic mass is 16.2. The first-order valence-electron chi connectivity index (χ1n) is 8.20. The van der Waals surface area contributed by atoms with Crippen molar-refractivity contribution in [3.63, 3.8) is 0 Å². The topological polar surface area (TPSA) is 75.4 Å². The molecule has 3 N–H and O–H groups in total. The average Bonchev–Trinajstić information content (AvgIpc) is 2.62. The second-order valence-electron chi connectivity index (χ2n) is 5.97. The van der Waals surface area contributed by atoms with Crippen molar-refractivity contribution < 1.29 is 9.59 Å². The molecule has 1 aliphatic rings. The number of rotatable bonds is 3. The molecule has 0 radical (unpaired) electrons. The second kappa shape index (κ2) is 7.17. The zero-order valence-electron chi connectivity index (χ0n) is 13.5. The predicted octanol–water partition coefficient (Wildman–Crippen LogP) is 3.47. The van der Waals surface area contributed by atoms with Gasteiger partial charge in [0.1, 0.15) is 0 Å². The van der Waals surface area contributed by atoms with Gasteiger partial charge in [0.2, 0.25) is 0 Å². The van der Waals surface area contributed by atoms with Crippen molar-refractivity contribution in [1.29, 1.82) is 0 Å².